The third-order valence-corrected chi connectivity index (χ3v) is 5.93. The van der Waals surface area contributed by atoms with Gasteiger partial charge >= 0.3 is 0 Å². The summed E-state index contributed by atoms with van der Waals surface area (Å²) in [5, 5.41) is 0.301. The second kappa shape index (κ2) is 6.42. The zero-order valence-electron chi connectivity index (χ0n) is 14.5. The van der Waals surface area contributed by atoms with Crippen LogP contribution >= 0.6 is 11.6 Å². The fourth-order valence-electron chi connectivity index (χ4n) is 3.83. The number of piperidine rings is 1. The second-order valence-corrected chi connectivity index (χ2v) is 9.65. The maximum atomic E-state index is 11.4. The molecular weight excluding hydrogens is 348 g/mol. The molecule has 0 spiro atoms. The summed E-state index contributed by atoms with van der Waals surface area (Å²) in [6, 6.07) is 0.000765. The average molecular weight is 373 g/mol. The highest BCUT2D eigenvalue weighted by Gasteiger charge is 2.34. The fraction of sp³-hybridized carbons (Fsp3) is 0.750. The van der Waals surface area contributed by atoms with Crippen LogP contribution in [0.3, 0.4) is 0 Å². The quantitative estimate of drug-likeness (QED) is 0.824. The minimum atomic E-state index is -3.16. The lowest BCUT2D eigenvalue weighted by atomic mass is 9.76. The summed E-state index contributed by atoms with van der Waals surface area (Å²) in [6.45, 7) is 5.96. The van der Waals surface area contributed by atoms with E-state index in [2.05, 4.69) is 33.4 Å². The summed E-state index contributed by atoms with van der Waals surface area (Å²) >= 11 is 6.20. The third-order valence-electron chi connectivity index (χ3n) is 5.00. The molecule has 0 atom stereocenters. The van der Waals surface area contributed by atoms with Crippen molar-refractivity contribution >= 4 is 27.4 Å². The van der Waals surface area contributed by atoms with Crippen LogP contribution in [0.15, 0.2) is 0 Å². The molecule has 0 aromatic carbocycles. The highest BCUT2D eigenvalue weighted by atomic mass is 35.5. The molecule has 1 aliphatic heterocycles. The van der Waals surface area contributed by atoms with Gasteiger partial charge in [-0.15, -0.1) is 0 Å². The first-order valence-corrected chi connectivity index (χ1v) is 10.7. The minimum absolute atomic E-state index is 0.000765. The van der Waals surface area contributed by atoms with Crippen molar-refractivity contribution in [3.63, 3.8) is 0 Å². The lowest BCUT2D eigenvalue weighted by molar-refractivity contribution is 0.413. The van der Waals surface area contributed by atoms with Crippen LogP contribution in [0.4, 0.5) is 5.82 Å². The molecule has 0 saturated carbocycles. The molecule has 0 bridgehead atoms. The molecule has 1 aromatic heterocycles. The van der Waals surface area contributed by atoms with Crippen LogP contribution in [0.2, 0.25) is 5.28 Å². The summed E-state index contributed by atoms with van der Waals surface area (Å²) < 4.78 is 25.5. The first-order chi connectivity index (χ1) is 11.2. The van der Waals surface area contributed by atoms with Gasteiger partial charge in [-0.3, -0.25) is 0 Å². The van der Waals surface area contributed by atoms with Gasteiger partial charge in [0.2, 0.25) is 15.3 Å². The Morgan fingerprint density at radius 3 is 2.54 bits per heavy atom. The molecule has 24 heavy (non-hydrogen) atoms. The number of nitrogens with one attached hydrogen (secondary N) is 1. The highest BCUT2D eigenvalue weighted by Crippen LogP contribution is 2.40. The number of nitrogens with zero attached hydrogens (tertiary/aromatic N) is 3. The van der Waals surface area contributed by atoms with Gasteiger partial charge in [-0.1, -0.05) is 13.8 Å². The van der Waals surface area contributed by atoms with Crippen LogP contribution in [0.25, 0.3) is 0 Å². The Hall–Kier alpha value is -0.920. The van der Waals surface area contributed by atoms with Crippen molar-refractivity contribution in [3.8, 4) is 0 Å². The number of sulfonamides is 1. The van der Waals surface area contributed by atoms with Crippen molar-refractivity contribution in [1.82, 2.24) is 14.7 Å². The maximum absolute atomic E-state index is 11.4. The number of halogens is 1. The molecular formula is C16H25ClN4O2S. The van der Waals surface area contributed by atoms with E-state index in [1.807, 2.05) is 0 Å². The van der Waals surface area contributed by atoms with Gasteiger partial charge in [-0.25, -0.2) is 23.1 Å². The Balaban J connectivity index is 1.83. The first-order valence-electron chi connectivity index (χ1n) is 8.45. The molecule has 3 rings (SSSR count). The van der Waals surface area contributed by atoms with E-state index in [4.69, 9.17) is 11.6 Å². The Bertz CT molecular complexity index is 728. The number of hydrogen-bond donors (Lipinski definition) is 1. The lowest BCUT2D eigenvalue weighted by Crippen LogP contribution is -2.45. The van der Waals surface area contributed by atoms with Crippen molar-refractivity contribution in [2.75, 3.05) is 24.2 Å². The molecule has 1 aliphatic carbocycles. The van der Waals surface area contributed by atoms with Crippen molar-refractivity contribution < 1.29 is 8.42 Å². The molecule has 134 valence electrons. The van der Waals surface area contributed by atoms with Crippen LogP contribution in [-0.4, -0.2) is 43.8 Å². The van der Waals surface area contributed by atoms with Crippen LogP contribution in [0, 0.1) is 0 Å². The van der Waals surface area contributed by atoms with Gasteiger partial charge in [0.05, 0.1) is 11.9 Å². The van der Waals surface area contributed by atoms with Crippen LogP contribution in [-0.2, 0) is 21.9 Å². The molecule has 0 unspecified atom stereocenters. The van der Waals surface area contributed by atoms with Crippen molar-refractivity contribution in [2.45, 2.75) is 57.4 Å². The van der Waals surface area contributed by atoms with E-state index in [-0.39, 0.29) is 11.5 Å². The fourth-order valence-corrected chi connectivity index (χ4v) is 4.84. The zero-order chi connectivity index (χ0) is 17.5. The molecule has 1 fully saturated rings. The van der Waals surface area contributed by atoms with Gasteiger partial charge in [0.1, 0.15) is 5.82 Å². The van der Waals surface area contributed by atoms with Gasteiger partial charge in [0.15, 0.2) is 0 Å². The average Bonchev–Trinajstić information content (AvgIpc) is 2.46. The number of hydrogen-bond acceptors (Lipinski definition) is 5. The Morgan fingerprint density at radius 2 is 1.92 bits per heavy atom. The molecule has 8 heteroatoms. The number of anilines is 1. The number of fused-ring (bicyclic) bond motifs is 1. The summed E-state index contributed by atoms with van der Waals surface area (Å²) in [5.74, 6) is 0.940. The topological polar surface area (TPSA) is 75.2 Å². The lowest BCUT2D eigenvalue weighted by Gasteiger charge is -2.37. The largest absolute Gasteiger partial charge is 0.356 e. The molecule has 0 radical (unpaired) electrons. The molecule has 0 amide bonds. The van der Waals surface area contributed by atoms with E-state index >= 15 is 0 Å². The smallest absolute Gasteiger partial charge is 0.224 e. The molecule has 1 saturated heterocycles. The van der Waals surface area contributed by atoms with Gasteiger partial charge in [-0.2, -0.15) is 0 Å². The van der Waals surface area contributed by atoms with Gasteiger partial charge in [-0.05, 0) is 43.7 Å². The highest BCUT2D eigenvalue weighted by molar-refractivity contribution is 7.88. The molecule has 1 N–H and O–H groups in total. The van der Waals surface area contributed by atoms with Crippen LogP contribution in [0.1, 0.15) is 50.8 Å². The van der Waals surface area contributed by atoms with Gasteiger partial charge < -0.3 is 4.90 Å². The van der Waals surface area contributed by atoms with Crippen LogP contribution in [0.5, 0.6) is 0 Å². The van der Waals surface area contributed by atoms with E-state index in [1.54, 1.807) is 0 Å². The number of rotatable bonds is 3. The monoisotopic (exact) mass is 372 g/mol. The predicted molar refractivity (Wildman–Crippen MR) is 96.2 cm³/mol. The Morgan fingerprint density at radius 1 is 1.25 bits per heavy atom. The predicted octanol–water partition coefficient (Wildman–Crippen LogP) is 2.26. The summed E-state index contributed by atoms with van der Waals surface area (Å²) in [7, 11) is -3.16. The third kappa shape index (κ3) is 3.83. The maximum Gasteiger partial charge on any atom is 0.224 e. The Kier molecular flexibility index (Phi) is 4.79. The van der Waals surface area contributed by atoms with E-state index in [1.165, 1.54) is 11.8 Å². The van der Waals surface area contributed by atoms with Crippen molar-refractivity contribution in [1.29, 1.82) is 0 Å². The minimum Gasteiger partial charge on any atom is -0.356 e. The summed E-state index contributed by atoms with van der Waals surface area (Å²) in [6.07, 6.45) is 5.96. The summed E-state index contributed by atoms with van der Waals surface area (Å²) in [4.78, 5) is 11.3. The van der Waals surface area contributed by atoms with Crippen LogP contribution < -0.4 is 9.62 Å². The number of aromatic nitrogens is 2. The molecule has 2 aliphatic rings. The molecule has 2 heterocycles. The van der Waals surface area contributed by atoms with E-state index in [0.717, 1.165) is 56.7 Å². The van der Waals surface area contributed by atoms with Crippen molar-refractivity contribution in [2.24, 2.45) is 0 Å². The molecule has 1 aromatic rings. The van der Waals surface area contributed by atoms with Gasteiger partial charge in [0, 0.05) is 30.1 Å². The summed E-state index contributed by atoms with van der Waals surface area (Å²) in [5.41, 5.74) is 2.30. The first kappa shape index (κ1) is 17.9. The normalized spacial score (nSPS) is 21.6. The van der Waals surface area contributed by atoms with Crippen molar-refractivity contribution in [3.05, 3.63) is 16.5 Å². The van der Waals surface area contributed by atoms with E-state index < -0.39 is 10.0 Å². The Labute approximate surface area is 149 Å². The zero-order valence-corrected chi connectivity index (χ0v) is 16.0. The van der Waals surface area contributed by atoms with E-state index in [0.29, 0.717) is 5.28 Å². The van der Waals surface area contributed by atoms with Gasteiger partial charge in [0.25, 0.3) is 0 Å². The second-order valence-electron chi connectivity index (χ2n) is 7.53. The standard InChI is InChI=1S/C16H25ClN4O2S/c1-16(2)8-4-5-12-13(16)18-15(17)19-14(12)21-9-6-11(7-10-21)20-24(3,22)23/h11,20H,4-10H2,1-3H3. The SMILES string of the molecule is CC1(C)CCCc2c(N3CCC(NS(C)(=O)=O)CC3)nc(Cl)nc21. The molecule has 6 nitrogen and oxygen atoms in total. The van der Waals surface area contributed by atoms with E-state index in [9.17, 15) is 8.42 Å².